The maximum absolute atomic E-state index is 11.8. The Morgan fingerprint density at radius 1 is 1.07 bits per heavy atom. The van der Waals surface area contributed by atoms with Crippen molar-refractivity contribution in [2.24, 2.45) is 0 Å². The molecule has 2 rings (SSSR count). The van der Waals surface area contributed by atoms with Gasteiger partial charge in [-0.15, -0.1) is 0 Å². The molecule has 0 aromatic rings. The number of methoxy groups -OCH3 is 1. The first kappa shape index (κ1) is 25.6. The molecule has 0 saturated carbocycles. The molecule has 168 valence electrons. The minimum absolute atomic E-state index is 0.205. The zero-order valence-electron chi connectivity index (χ0n) is 15.3. The summed E-state index contributed by atoms with van der Waals surface area (Å²) in [5.74, 6) is -0.966. The Kier molecular flexibility index (Phi) is 8.69. The Balaban J connectivity index is 1.97. The van der Waals surface area contributed by atoms with E-state index in [4.69, 9.17) is 41.5 Å². The van der Waals surface area contributed by atoms with Gasteiger partial charge in [0.15, 0.2) is 5.79 Å². The van der Waals surface area contributed by atoms with Gasteiger partial charge in [0, 0.05) is 26.0 Å². The van der Waals surface area contributed by atoms with Crippen molar-refractivity contribution in [1.82, 2.24) is 0 Å². The average Bonchev–Trinajstić information content (AvgIpc) is 2.90. The lowest BCUT2D eigenvalue weighted by Gasteiger charge is -2.38. The van der Waals surface area contributed by atoms with Crippen LogP contribution in [0.3, 0.4) is 0 Å². The van der Waals surface area contributed by atoms with Crippen molar-refractivity contribution in [3.05, 3.63) is 0 Å². The van der Waals surface area contributed by atoms with Crippen LogP contribution < -0.4 is 0 Å². The second-order valence-electron chi connectivity index (χ2n) is 6.22. The van der Waals surface area contributed by atoms with E-state index in [0.29, 0.717) is 26.1 Å². The predicted molar refractivity (Wildman–Crippen MR) is 93.5 cm³/mol. The first-order chi connectivity index (χ1) is 13.2. The topological polar surface area (TPSA) is 197 Å². The highest BCUT2D eigenvalue weighted by atomic mass is 31.3. The fourth-order valence-electron chi connectivity index (χ4n) is 2.82. The number of phosphoric ester groups is 1. The lowest BCUT2D eigenvalue weighted by atomic mass is 9.95. The van der Waals surface area contributed by atoms with Gasteiger partial charge in [-0.2, -0.15) is 8.62 Å². The normalized spacial score (nSPS) is 31.8. The van der Waals surface area contributed by atoms with Crippen molar-refractivity contribution in [3.63, 3.8) is 0 Å². The van der Waals surface area contributed by atoms with Crippen molar-refractivity contribution in [2.45, 2.75) is 43.3 Å². The molecule has 5 atom stereocenters. The number of ether oxygens (including phenoxy) is 4. The lowest BCUT2D eigenvalue weighted by molar-refractivity contribution is -0.281. The van der Waals surface area contributed by atoms with Crippen LogP contribution in [-0.2, 0) is 45.8 Å². The van der Waals surface area contributed by atoms with Gasteiger partial charge >= 0.3 is 23.5 Å². The molecule has 2 heterocycles. The molecule has 0 aromatic carbocycles. The number of hydrogen-bond donors (Lipinski definition) is 4. The first-order valence-corrected chi connectivity index (χ1v) is 12.8. The van der Waals surface area contributed by atoms with Crippen molar-refractivity contribution in [2.75, 3.05) is 26.9 Å². The second-order valence-corrected chi connectivity index (χ2v) is 10.6. The smallest absolute Gasteiger partial charge is 0.381 e. The summed E-state index contributed by atoms with van der Waals surface area (Å²) in [7, 11) is -9.15. The van der Waals surface area contributed by atoms with Gasteiger partial charge in [0.1, 0.15) is 14.0 Å². The zero-order chi connectivity index (χ0) is 21.9. The maximum Gasteiger partial charge on any atom is 0.490 e. The third-order valence-electron chi connectivity index (χ3n) is 4.04. The fraction of sp³-hybridized carbons (Fsp3) is 1.00. The second kappa shape index (κ2) is 9.85. The fourth-order valence-corrected chi connectivity index (χ4v) is 5.85. The van der Waals surface area contributed by atoms with Gasteiger partial charge in [0.25, 0.3) is 0 Å². The summed E-state index contributed by atoms with van der Waals surface area (Å²) in [6.45, 7) is 0.150. The van der Waals surface area contributed by atoms with Gasteiger partial charge in [0.05, 0.1) is 25.9 Å². The van der Waals surface area contributed by atoms with E-state index in [-0.39, 0.29) is 6.42 Å². The van der Waals surface area contributed by atoms with E-state index in [9.17, 15) is 18.6 Å². The van der Waals surface area contributed by atoms with Gasteiger partial charge in [0.2, 0.25) is 0 Å². The van der Waals surface area contributed by atoms with E-state index in [1.807, 2.05) is 0 Å². The Morgan fingerprint density at radius 3 is 2.24 bits per heavy atom. The molecule has 0 spiro atoms. The molecule has 2 aliphatic heterocycles. The molecule has 18 heteroatoms. The van der Waals surface area contributed by atoms with Crippen molar-refractivity contribution < 1.29 is 65.4 Å². The Morgan fingerprint density at radius 2 is 1.69 bits per heavy atom. The van der Waals surface area contributed by atoms with Gasteiger partial charge in [-0.05, 0) is 6.42 Å². The van der Waals surface area contributed by atoms with Crippen LogP contribution >= 0.6 is 23.5 Å². The maximum atomic E-state index is 11.8. The van der Waals surface area contributed by atoms with Crippen molar-refractivity contribution in [3.8, 4) is 0 Å². The van der Waals surface area contributed by atoms with Gasteiger partial charge in [-0.1, -0.05) is 0 Å². The minimum Gasteiger partial charge on any atom is -0.381 e. The minimum atomic E-state index is -5.60. The summed E-state index contributed by atoms with van der Waals surface area (Å²) in [5, 5.41) is 0. The van der Waals surface area contributed by atoms with Crippen LogP contribution in [0, 0.1) is 0 Å². The Labute approximate surface area is 167 Å². The highest BCUT2D eigenvalue weighted by molar-refractivity contribution is 7.66. The van der Waals surface area contributed by atoms with Crippen LogP contribution in [0.5, 0.6) is 0 Å². The monoisotopic (exact) mass is 482 g/mol. The zero-order valence-corrected chi connectivity index (χ0v) is 17.9. The van der Waals surface area contributed by atoms with E-state index in [1.165, 1.54) is 7.11 Å². The third kappa shape index (κ3) is 8.40. The molecular formula is C11H22BO14P3. The molecular weight excluding hydrogens is 460 g/mol. The van der Waals surface area contributed by atoms with E-state index in [1.54, 1.807) is 0 Å². The van der Waals surface area contributed by atoms with Crippen LogP contribution in [0.4, 0.5) is 0 Å². The number of phosphoric acid groups is 3. The lowest BCUT2D eigenvalue weighted by Crippen LogP contribution is -2.46. The highest BCUT2D eigenvalue weighted by Crippen LogP contribution is 2.66. The molecule has 4 N–H and O–H groups in total. The Bertz CT molecular complexity index is 692. The number of hydrogen-bond acceptors (Lipinski definition) is 10. The molecule has 2 saturated heterocycles. The van der Waals surface area contributed by atoms with Crippen molar-refractivity contribution in [1.29, 1.82) is 0 Å². The van der Waals surface area contributed by atoms with Crippen LogP contribution in [0.15, 0.2) is 0 Å². The summed E-state index contributed by atoms with van der Waals surface area (Å²) >= 11 is 0. The molecule has 0 bridgehead atoms. The molecule has 29 heavy (non-hydrogen) atoms. The summed E-state index contributed by atoms with van der Waals surface area (Å²) in [6.07, 6.45) is -0.619. The Hall–Kier alpha value is 0.315. The molecule has 0 aliphatic carbocycles. The first-order valence-electron chi connectivity index (χ1n) is 8.25. The predicted octanol–water partition coefficient (Wildman–Crippen LogP) is 0.151. The molecule has 0 aromatic heterocycles. The van der Waals surface area contributed by atoms with E-state index in [0.717, 1.165) is 0 Å². The van der Waals surface area contributed by atoms with E-state index in [2.05, 4.69) is 13.1 Å². The SMILES string of the molecule is [B]C1CC(OC2(OC)CCOCC2)C(COP(=O)(O)OP(=O)(O)OP(=O)(O)O)O1. The summed E-state index contributed by atoms with van der Waals surface area (Å²) in [5.41, 5.74) is 0. The van der Waals surface area contributed by atoms with E-state index >= 15 is 0 Å². The third-order valence-corrected chi connectivity index (χ3v) is 7.84. The summed E-state index contributed by atoms with van der Waals surface area (Å²) < 4.78 is 67.8. The highest BCUT2D eigenvalue weighted by Gasteiger charge is 2.45. The number of rotatable bonds is 10. The van der Waals surface area contributed by atoms with Crippen molar-refractivity contribution >= 4 is 31.3 Å². The van der Waals surface area contributed by atoms with Gasteiger partial charge in [-0.25, -0.2) is 13.7 Å². The molecule has 14 nitrogen and oxygen atoms in total. The largest absolute Gasteiger partial charge is 0.490 e. The van der Waals surface area contributed by atoms with Crippen LogP contribution in [0.1, 0.15) is 19.3 Å². The van der Waals surface area contributed by atoms with Crippen LogP contribution in [0.2, 0.25) is 0 Å². The molecule has 2 aliphatic rings. The molecule has 2 radical (unpaired) electrons. The standard InChI is InChI=1S/C11H22BO14P3/c1-20-11(2-4-21-5-3-11)24-8-6-10(12)23-9(8)7-22-28(16,17)26-29(18,19)25-27(13,14)15/h8-10H,2-7H2,1H3,(H,16,17)(H,18,19)(H2,13,14,15). The van der Waals surface area contributed by atoms with E-state index < -0.39 is 54.1 Å². The summed E-state index contributed by atoms with van der Waals surface area (Å²) in [4.78, 5) is 35.7. The van der Waals surface area contributed by atoms with Crippen LogP contribution in [0.25, 0.3) is 0 Å². The molecule has 2 fully saturated rings. The van der Waals surface area contributed by atoms with Gasteiger partial charge in [-0.3, -0.25) is 4.52 Å². The van der Waals surface area contributed by atoms with Crippen LogP contribution in [-0.4, -0.2) is 78.3 Å². The van der Waals surface area contributed by atoms with Gasteiger partial charge < -0.3 is 38.5 Å². The molecule has 5 unspecified atom stereocenters. The quantitative estimate of drug-likeness (QED) is 0.187. The molecule has 0 amide bonds. The summed E-state index contributed by atoms with van der Waals surface area (Å²) in [6, 6.07) is -0.775. The average molecular weight is 482 g/mol.